The first-order chi connectivity index (χ1) is 15.9. The standard InChI is InChI=1S/C28H41NO3S.Na/c1-4-6-8-10-14-23-16-12-18-25-27(23)28-24(15-11-9-7-5-2)17-13-19-26(28)29(25)21-20-22(3)33(30,31)32;/h12-13,16-19,22H,4-11,14-15,20-21H2,1-3H3,(H,30,31,32);/q;+1/p-1. The minimum Gasteiger partial charge on any atom is -0.748 e. The summed E-state index contributed by atoms with van der Waals surface area (Å²) in [6.07, 6.45) is 12.3. The van der Waals surface area contributed by atoms with Gasteiger partial charge in [0.25, 0.3) is 0 Å². The smallest absolute Gasteiger partial charge is 0.748 e. The molecule has 0 aliphatic heterocycles. The predicted octanol–water partition coefficient (Wildman–Crippen LogP) is 4.37. The Bertz CT molecular complexity index is 1080. The Kier molecular flexibility index (Phi) is 12.1. The van der Waals surface area contributed by atoms with Crippen molar-refractivity contribution in [2.24, 2.45) is 0 Å². The molecule has 34 heavy (non-hydrogen) atoms. The van der Waals surface area contributed by atoms with Gasteiger partial charge in [-0.1, -0.05) is 76.6 Å². The molecule has 0 saturated carbocycles. The Balaban J connectivity index is 0.00000408. The quantitative estimate of drug-likeness (QED) is 0.190. The van der Waals surface area contributed by atoms with E-state index in [1.807, 2.05) is 0 Å². The zero-order valence-corrected chi connectivity index (χ0v) is 24.4. The van der Waals surface area contributed by atoms with Crippen molar-refractivity contribution >= 4 is 31.9 Å². The van der Waals surface area contributed by atoms with Gasteiger partial charge in [-0.15, -0.1) is 0 Å². The molecule has 1 heterocycles. The van der Waals surface area contributed by atoms with Gasteiger partial charge in [0, 0.05) is 33.6 Å². The maximum atomic E-state index is 11.5. The fraction of sp³-hybridized carbons (Fsp3) is 0.571. The Hall–Kier alpha value is -0.850. The van der Waals surface area contributed by atoms with Gasteiger partial charge in [0.05, 0.1) is 10.1 Å². The molecule has 0 aliphatic rings. The Morgan fingerprint density at radius 2 is 1.26 bits per heavy atom. The van der Waals surface area contributed by atoms with Crippen molar-refractivity contribution in [1.82, 2.24) is 4.57 Å². The number of fused-ring (bicyclic) bond motifs is 3. The SMILES string of the molecule is CCCCCCc1cccc2c1c1c(CCCCCC)cccc1n2CCC(C)S(=O)(=O)[O-].[Na+]. The van der Waals surface area contributed by atoms with Gasteiger partial charge in [0.2, 0.25) is 0 Å². The van der Waals surface area contributed by atoms with Crippen molar-refractivity contribution in [3.63, 3.8) is 0 Å². The third kappa shape index (κ3) is 7.33. The summed E-state index contributed by atoms with van der Waals surface area (Å²) in [6.45, 7) is 6.53. The van der Waals surface area contributed by atoms with Crippen LogP contribution >= 0.6 is 0 Å². The molecule has 1 unspecified atom stereocenters. The average Bonchev–Trinajstić information content (AvgIpc) is 3.12. The van der Waals surface area contributed by atoms with Crippen molar-refractivity contribution in [1.29, 1.82) is 0 Å². The van der Waals surface area contributed by atoms with Crippen molar-refractivity contribution in [3.05, 3.63) is 47.5 Å². The number of hydrogen-bond donors (Lipinski definition) is 0. The first-order valence-electron chi connectivity index (χ1n) is 12.8. The van der Waals surface area contributed by atoms with Crippen molar-refractivity contribution in [2.75, 3.05) is 0 Å². The minimum atomic E-state index is -4.28. The Morgan fingerprint density at radius 3 is 1.68 bits per heavy atom. The van der Waals surface area contributed by atoms with Gasteiger partial charge in [-0.3, -0.25) is 0 Å². The van der Waals surface area contributed by atoms with Gasteiger partial charge < -0.3 is 9.12 Å². The van der Waals surface area contributed by atoms with Gasteiger partial charge >= 0.3 is 29.6 Å². The van der Waals surface area contributed by atoms with Gasteiger partial charge in [-0.2, -0.15) is 0 Å². The van der Waals surface area contributed by atoms with Crippen LogP contribution in [0.4, 0.5) is 0 Å². The van der Waals surface area contributed by atoms with Crippen LogP contribution in [-0.4, -0.2) is 22.8 Å². The van der Waals surface area contributed by atoms with Crippen LogP contribution in [0.15, 0.2) is 36.4 Å². The molecule has 0 N–H and O–H groups in total. The monoisotopic (exact) mass is 493 g/mol. The number of benzene rings is 2. The molecule has 0 amide bonds. The van der Waals surface area contributed by atoms with E-state index in [2.05, 4.69) is 54.8 Å². The zero-order chi connectivity index (χ0) is 23.8. The number of aromatic nitrogens is 1. The van der Waals surface area contributed by atoms with E-state index in [1.54, 1.807) is 0 Å². The summed E-state index contributed by atoms with van der Waals surface area (Å²) < 4.78 is 36.8. The summed E-state index contributed by atoms with van der Waals surface area (Å²) in [5.41, 5.74) is 5.10. The van der Waals surface area contributed by atoms with E-state index in [9.17, 15) is 13.0 Å². The maximum Gasteiger partial charge on any atom is 1.00 e. The van der Waals surface area contributed by atoms with E-state index >= 15 is 0 Å². The van der Waals surface area contributed by atoms with Crippen LogP contribution < -0.4 is 29.6 Å². The van der Waals surface area contributed by atoms with Crippen LogP contribution in [0.3, 0.4) is 0 Å². The summed E-state index contributed by atoms with van der Waals surface area (Å²) in [5, 5.41) is 1.76. The molecule has 0 saturated heterocycles. The second-order valence-electron chi connectivity index (χ2n) is 9.49. The van der Waals surface area contributed by atoms with Crippen molar-refractivity contribution in [2.45, 2.75) is 103 Å². The fourth-order valence-corrected chi connectivity index (χ4v) is 5.32. The van der Waals surface area contributed by atoms with E-state index in [0.717, 1.165) is 23.9 Å². The third-order valence-electron chi connectivity index (χ3n) is 6.94. The third-order valence-corrected chi connectivity index (χ3v) is 8.16. The zero-order valence-electron chi connectivity index (χ0n) is 21.6. The van der Waals surface area contributed by atoms with Crippen LogP contribution in [-0.2, 0) is 29.5 Å². The maximum absolute atomic E-state index is 11.5. The van der Waals surface area contributed by atoms with Crippen LogP contribution in [0.5, 0.6) is 0 Å². The normalized spacial score (nSPS) is 12.8. The number of rotatable bonds is 14. The largest absolute Gasteiger partial charge is 1.00 e. The van der Waals surface area contributed by atoms with Crippen LogP contribution in [0.1, 0.15) is 89.7 Å². The number of hydrogen-bond acceptors (Lipinski definition) is 3. The molecule has 3 aromatic rings. The summed E-state index contributed by atoms with van der Waals surface area (Å²) in [6, 6.07) is 13.1. The molecule has 3 rings (SSSR count). The van der Waals surface area contributed by atoms with Crippen molar-refractivity contribution < 1.29 is 42.5 Å². The van der Waals surface area contributed by atoms with Gasteiger partial charge in [0.15, 0.2) is 0 Å². The molecule has 1 atom stereocenters. The number of nitrogens with zero attached hydrogens (tertiary/aromatic N) is 1. The molecule has 0 bridgehead atoms. The molecule has 4 nitrogen and oxygen atoms in total. The van der Waals surface area contributed by atoms with E-state index in [0.29, 0.717) is 13.0 Å². The number of unbranched alkanes of at least 4 members (excludes halogenated alkanes) is 6. The molecular weight excluding hydrogens is 453 g/mol. The molecule has 2 aromatic carbocycles. The minimum absolute atomic E-state index is 0. The molecule has 1 aromatic heterocycles. The van der Waals surface area contributed by atoms with Gasteiger partial charge in [-0.25, -0.2) is 8.42 Å². The number of aryl methyl sites for hydroxylation is 3. The fourth-order valence-electron chi connectivity index (χ4n) is 4.93. The van der Waals surface area contributed by atoms with E-state index < -0.39 is 15.4 Å². The first-order valence-corrected chi connectivity index (χ1v) is 14.3. The summed E-state index contributed by atoms with van der Waals surface area (Å²) in [7, 11) is -4.28. The van der Waals surface area contributed by atoms with Gasteiger partial charge in [0.1, 0.15) is 0 Å². The summed E-state index contributed by atoms with van der Waals surface area (Å²) in [5.74, 6) is 0. The van der Waals surface area contributed by atoms with E-state index in [4.69, 9.17) is 0 Å². The van der Waals surface area contributed by atoms with Crippen molar-refractivity contribution in [3.8, 4) is 0 Å². The van der Waals surface area contributed by atoms with Crippen LogP contribution in [0.2, 0.25) is 0 Å². The molecule has 6 heteroatoms. The van der Waals surface area contributed by atoms with Crippen LogP contribution in [0, 0.1) is 0 Å². The summed E-state index contributed by atoms with van der Waals surface area (Å²) >= 11 is 0. The second-order valence-corrected chi connectivity index (χ2v) is 11.3. The molecule has 0 spiro atoms. The summed E-state index contributed by atoms with van der Waals surface area (Å²) in [4.78, 5) is 0. The first kappa shape index (κ1) is 29.4. The van der Waals surface area contributed by atoms with E-state index in [1.165, 1.54) is 80.2 Å². The Labute approximate surface area is 228 Å². The van der Waals surface area contributed by atoms with Gasteiger partial charge in [-0.05, 0) is 62.3 Å². The molecule has 0 aliphatic carbocycles. The topological polar surface area (TPSA) is 62.1 Å². The average molecular weight is 494 g/mol. The molecule has 182 valence electrons. The molecule has 0 radical (unpaired) electrons. The Morgan fingerprint density at radius 1 is 0.794 bits per heavy atom. The van der Waals surface area contributed by atoms with E-state index in [-0.39, 0.29) is 29.6 Å². The predicted molar refractivity (Wildman–Crippen MR) is 139 cm³/mol. The molecule has 0 fully saturated rings. The van der Waals surface area contributed by atoms with Crippen LogP contribution in [0.25, 0.3) is 21.8 Å². The second kappa shape index (κ2) is 14.0. The molecular formula is C28H40NNaO3S.